The van der Waals surface area contributed by atoms with Crippen molar-refractivity contribution in [3.63, 3.8) is 0 Å². The Hall–Kier alpha value is -1.04. The molecule has 0 aliphatic rings. The summed E-state index contributed by atoms with van der Waals surface area (Å²) >= 11 is 4.85. The molecule has 0 atom stereocenters. The number of hydrogen-bond acceptors (Lipinski definition) is 3. The molecule has 0 amide bonds. The van der Waals surface area contributed by atoms with Gasteiger partial charge in [0, 0.05) is 18.7 Å². The van der Waals surface area contributed by atoms with E-state index < -0.39 is 0 Å². The van der Waals surface area contributed by atoms with Gasteiger partial charge >= 0.3 is 0 Å². The van der Waals surface area contributed by atoms with Gasteiger partial charge in [0.25, 0.3) is 0 Å². The minimum atomic E-state index is -0.337. The highest BCUT2D eigenvalue weighted by atomic mass is 32.1. The molecule has 0 radical (unpaired) electrons. The lowest BCUT2D eigenvalue weighted by Crippen LogP contribution is -2.27. The van der Waals surface area contributed by atoms with Gasteiger partial charge < -0.3 is 10.8 Å². The summed E-state index contributed by atoms with van der Waals surface area (Å²) in [7, 11) is 0. The SMILES string of the molecule is CCCN(CCO)Cc1cc(F)cc(C(N)=S)c1. The lowest BCUT2D eigenvalue weighted by Gasteiger charge is -2.20. The largest absolute Gasteiger partial charge is 0.395 e. The van der Waals surface area contributed by atoms with Crippen LogP contribution in [0.1, 0.15) is 24.5 Å². The Balaban J connectivity index is 2.84. The number of thiocarbonyl (C=S) groups is 1. The predicted octanol–water partition coefficient (Wildman–Crippen LogP) is 1.66. The number of rotatable bonds is 7. The van der Waals surface area contributed by atoms with Crippen molar-refractivity contribution in [2.24, 2.45) is 5.73 Å². The number of nitrogens with two attached hydrogens (primary N) is 1. The maximum absolute atomic E-state index is 13.4. The Morgan fingerprint density at radius 2 is 2.11 bits per heavy atom. The molecule has 0 fully saturated rings. The molecule has 1 rings (SSSR count). The molecule has 0 unspecified atom stereocenters. The molecule has 0 aromatic heterocycles. The second-order valence-electron chi connectivity index (χ2n) is 4.21. The molecule has 0 heterocycles. The zero-order valence-corrected chi connectivity index (χ0v) is 11.3. The standard InChI is InChI=1S/C13H19FN2OS/c1-2-3-16(4-5-17)9-10-6-11(13(15)18)8-12(14)7-10/h6-8,17H,2-5,9H2,1H3,(H2,15,18). The molecular formula is C13H19FN2OS. The van der Waals surface area contributed by atoms with Gasteiger partial charge in [0.1, 0.15) is 10.8 Å². The molecule has 0 saturated heterocycles. The summed E-state index contributed by atoms with van der Waals surface area (Å²) in [6.07, 6.45) is 0.984. The highest BCUT2D eigenvalue weighted by Crippen LogP contribution is 2.12. The smallest absolute Gasteiger partial charge is 0.124 e. The zero-order valence-electron chi connectivity index (χ0n) is 10.5. The van der Waals surface area contributed by atoms with Crippen LogP contribution in [0.5, 0.6) is 0 Å². The van der Waals surface area contributed by atoms with Crippen molar-refractivity contribution in [2.45, 2.75) is 19.9 Å². The van der Waals surface area contributed by atoms with Crippen LogP contribution in [0.15, 0.2) is 18.2 Å². The predicted molar refractivity (Wildman–Crippen MR) is 74.9 cm³/mol. The van der Waals surface area contributed by atoms with Gasteiger partial charge in [-0.2, -0.15) is 0 Å². The molecule has 0 saturated carbocycles. The van der Waals surface area contributed by atoms with Crippen molar-refractivity contribution < 1.29 is 9.50 Å². The molecule has 100 valence electrons. The van der Waals surface area contributed by atoms with Crippen molar-refractivity contribution in [1.82, 2.24) is 4.90 Å². The first-order chi connectivity index (χ1) is 8.56. The fourth-order valence-corrected chi connectivity index (χ4v) is 1.99. The third-order valence-electron chi connectivity index (χ3n) is 2.60. The summed E-state index contributed by atoms with van der Waals surface area (Å²) in [5, 5.41) is 8.98. The molecule has 3 N–H and O–H groups in total. The van der Waals surface area contributed by atoms with Gasteiger partial charge in [0.15, 0.2) is 0 Å². The minimum Gasteiger partial charge on any atom is -0.395 e. The molecule has 3 nitrogen and oxygen atoms in total. The van der Waals surface area contributed by atoms with Gasteiger partial charge in [-0.25, -0.2) is 4.39 Å². The molecule has 18 heavy (non-hydrogen) atoms. The molecule has 1 aromatic carbocycles. The van der Waals surface area contributed by atoms with Crippen LogP contribution in [-0.2, 0) is 6.54 Å². The van der Waals surface area contributed by atoms with Crippen LogP contribution in [0.3, 0.4) is 0 Å². The Labute approximate surface area is 112 Å². The van der Waals surface area contributed by atoms with Crippen LogP contribution < -0.4 is 5.73 Å². The van der Waals surface area contributed by atoms with Crippen molar-refractivity contribution in [2.75, 3.05) is 19.7 Å². The van der Waals surface area contributed by atoms with E-state index in [9.17, 15) is 4.39 Å². The van der Waals surface area contributed by atoms with Crippen molar-refractivity contribution in [3.05, 3.63) is 35.1 Å². The number of halogens is 1. The van der Waals surface area contributed by atoms with E-state index in [1.165, 1.54) is 12.1 Å². The molecule has 0 bridgehead atoms. The van der Waals surface area contributed by atoms with E-state index in [1.807, 2.05) is 0 Å². The molecule has 0 aliphatic carbocycles. The average Bonchev–Trinajstić information content (AvgIpc) is 2.28. The van der Waals surface area contributed by atoms with Crippen LogP contribution in [-0.4, -0.2) is 34.7 Å². The second-order valence-corrected chi connectivity index (χ2v) is 4.65. The monoisotopic (exact) mass is 270 g/mol. The molecule has 5 heteroatoms. The first kappa shape index (κ1) is 15.0. The van der Waals surface area contributed by atoms with Crippen LogP contribution in [0, 0.1) is 5.82 Å². The first-order valence-electron chi connectivity index (χ1n) is 5.99. The van der Waals surface area contributed by atoms with Gasteiger partial charge in [-0.15, -0.1) is 0 Å². The zero-order chi connectivity index (χ0) is 13.5. The van der Waals surface area contributed by atoms with Gasteiger partial charge in [-0.1, -0.05) is 19.1 Å². The van der Waals surface area contributed by atoms with Crippen LogP contribution in [0.4, 0.5) is 4.39 Å². The maximum Gasteiger partial charge on any atom is 0.124 e. The Bertz CT molecular complexity index is 406. The quantitative estimate of drug-likeness (QED) is 0.740. The molecule has 0 aliphatic heterocycles. The summed E-state index contributed by atoms with van der Waals surface area (Å²) in [5.41, 5.74) is 6.87. The van der Waals surface area contributed by atoms with Crippen molar-refractivity contribution >= 4 is 17.2 Å². The lowest BCUT2D eigenvalue weighted by atomic mass is 10.1. The van der Waals surface area contributed by atoms with E-state index in [2.05, 4.69) is 11.8 Å². The highest BCUT2D eigenvalue weighted by molar-refractivity contribution is 7.80. The molecule has 1 aromatic rings. The number of aliphatic hydroxyl groups is 1. The van der Waals surface area contributed by atoms with Crippen molar-refractivity contribution in [1.29, 1.82) is 0 Å². The third kappa shape index (κ3) is 4.68. The summed E-state index contributed by atoms with van der Waals surface area (Å²) < 4.78 is 13.4. The van der Waals surface area contributed by atoms with Crippen LogP contribution >= 0.6 is 12.2 Å². The first-order valence-corrected chi connectivity index (χ1v) is 6.40. The fraction of sp³-hybridized carbons (Fsp3) is 0.462. The van der Waals surface area contributed by atoms with Crippen molar-refractivity contribution in [3.8, 4) is 0 Å². The Morgan fingerprint density at radius 3 is 2.67 bits per heavy atom. The number of hydrogen-bond donors (Lipinski definition) is 2. The number of aliphatic hydroxyl groups excluding tert-OH is 1. The van der Waals surface area contributed by atoms with Gasteiger partial charge in [-0.3, -0.25) is 4.90 Å². The van der Waals surface area contributed by atoms with Gasteiger partial charge in [0.05, 0.1) is 6.61 Å². The van der Waals surface area contributed by atoms with E-state index in [0.717, 1.165) is 18.5 Å². The summed E-state index contributed by atoms with van der Waals surface area (Å²) in [4.78, 5) is 2.26. The minimum absolute atomic E-state index is 0.0947. The van der Waals surface area contributed by atoms with E-state index in [-0.39, 0.29) is 17.4 Å². The number of nitrogens with zero attached hydrogens (tertiary/aromatic N) is 1. The maximum atomic E-state index is 13.4. The Morgan fingerprint density at radius 1 is 1.39 bits per heavy atom. The fourth-order valence-electron chi connectivity index (χ4n) is 1.87. The average molecular weight is 270 g/mol. The number of benzene rings is 1. The van der Waals surface area contributed by atoms with E-state index in [0.29, 0.717) is 18.7 Å². The van der Waals surface area contributed by atoms with Gasteiger partial charge in [-0.05, 0) is 36.7 Å². The normalized spacial score (nSPS) is 10.9. The summed E-state index contributed by atoms with van der Waals surface area (Å²) in [6, 6.07) is 4.61. The van der Waals surface area contributed by atoms with Crippen LogP contribution in [0.2, 0.25) is 0 Å². The van der Waals surface area contributed by atoms with E-state index >= 15 is 0 Å². The molecular weight excluding hydrogens is 251 g/mol. The summed E-state index contributed by atoms with van der Waals surface area (Å²) in [5.74, 6) is -0.337. The van der Waals surface area contributed by atoms with Gasteiger partial charge in [0.2, 0.25) is 0 Å². The molecule has 0 spiro atoms. The van der Waals surface area contributed by atoms with E-state index in [4.69, 9.17) is 23.1 Å². The second kappa shape index (κ2) is 7.41. The summed E-state index contributed by atoms with van der Waals surface area (Å²) in [6.45, 7) is 4.18. The highest BCUT2D eigenvalue weighted by Gasteiger charge is 2.08. The van der Waals surface area contributed by atoms with Crippen LogP contribution in [0.25, 0.3) is 0 Å². The van der Waals surface area contributed by atoms with E-state index in [1.54, 1.807) is 6.07 Å². The Kier molecular flexibility index (Phi) is 6.18. The topological polar surface area (TPSA) is 49.5 Å². The third-order valence-corrected chi connectivity index (χ3v) is 2.84. The lowest BCUT2D eigenvalue weighted by molar-refractivity contribution is 0.190.